The number of rotatable bonds is 6. The number of hydrogen-bond acceptors (Lipinski definition) is 2. The van der Waals surface area contributed by atoms with Gasteiger partial charge in [0.15, 0.2) is 0 Å². The van der Waals surface area contributed by atoms with Crippen molar-refractivity contribution in [2.75, 3.05) is 5.32 Å². The summed E-state index contributed by atoms with van der Waals surface area (Å²) in [6, 6.07) is 13.3. The first kappa shape index (κ1) is 15.7. The van der Waals surface area contributed by atoms with Crippen LogP contribution in [0.4, 0.5) is 5.69 Å². The Morgan fingerprint density at radius 2 is 1.90 bits per heavy atom. The van der Waals surface area contributed by atoms with Crippen LogP contribution in [0.25, 0.3) is 0 Å². The smallest absolute Gasteiger partial charge is 0.274 e. The maximum atomic E-state index is 12.1. The van der Waals surface area contributed by atoms with Gasteiger partial charge in [0, 0.05) is 5.69 Å². The number of pyridine rings is 1. The van der Waals surface area contributed by atoms with Crippen molar-refractivity contribution >= 4 is 27.5 Å². The van der Waals surface area contributed by atoms with E-state index in [2.05, 4.69) is 45.3 Å². The molecule has 0 atom stereocenters. The molecule has 0 saturated heterocycles. The van der Waals surface area contributed by atoms with E-state index in [0.717, 1.165) is 12.1 Å². The van der Waals surface area contributed by atoms with Gasteiger partial charge < -0.3 is 5.32 Å². The molecule has 1 aromatic heterocycles. The average molecular weight is 347 g/mol. The van der Waals surface area contributed by atoms with Crippen molar-refractivity contribution in [1.29, 1.82) is 0 Å². The molecule has 0 unspecified atom stereocenters. The van der Waals surface area contributed by atoms with Crippen LogP contribution in [0.3, 0.4) is 0 Å². The highest BCUT2D eigenvalue weighted by molar-refractivity contribution is 9.10. The van der Waals surface area contributed by atoms with E-state index in [4.69, 9.17) is 0 Å². The predicted molar refractivity (Wildman–Crippen MR) is 89.6 cm³/mol. The summed E-state index contributed by atoms with van der Waals surface area (Å²) in [5.41, 5.74) is 2.50. The summed E-state index contributed by atoms with van der Waals surface area (Å²) in [5.74, 6) is -0.199. The van der Waals surface area contributed by atoms with Gasteiger partial charge in [0.1, 0.15) is 10.3 Å². The third-order valence-electron chi connectivity index (χ3n) is 3.23. The van der Waals surface area contributed by atoms with Crippen molar-refractivity contribution in [2.24, 2.45) is 0 Å². The Hall–Kier alpha value is -1.68. The SMILES string of the molecule is CCCCCc1ccc(NC(=O)c2cccc(Br)n2)cc1. The molecule has 4 heteroatoms. The minimum Gasteiger partial charge on any atom is -0.321 e. The first-order valence-electron chi connectivity index (χ1n) is 7.22. The van der Waals surface area contributed by atoms with E-state index in [-0.39, 0.29) is 5.91 Å². The van der Waals surface area contributed by atoms with Crippen LogP contribution in [0.2, 0.25) is 0 Å². The van der Waals surface area contributed by atoms with Gasteiger partial charge in [0.2, 0.25) is 0 Å². The molecule has 21 heavy (non-hydrogen) atoms. The van der Waals surface area contributed by atoms with Gasteiger partial charge in [-0.05, 0) is 58.6 Å². The Morgan fingerprint density at radius 3 is 2.57 bits per heavy atom. The van der Waals surface area contributed by atoms with Crippen LogP contribution >= 0.6 is 15.9 Å². The fourth-order valence-electron chi connectivity index (χ4n) is 2.06. The quantitative estimate of drug-likeness (QED) is 0.601. The minimum atomic E-state index is -0.199. The monoisotopic (exact) mass is 346 g/mol. The normalized spacial score (nSPS) is 10.4. The number of aromatic nitrogens is 1. The second-order valence-corrected chi connectivity index (χ2v) is 5.77. The Balaban J connectivity index is 1.95. The molecule has 0 aliphatic rings. The van der Waals surface area contributed by atoms with Crippen molar-refractivity contribution in [3.8, 4) is 0 Å². The van der Waals surface area contributed by atoms with Gasteiger partial charge in [-0.15, -0.1) is 0 Å². The molecule has 0 aliphatic carbocycles. The molecule has 0 bridgehead atoms. The van der Waals surface area contributed by atoms with Gasteiger partial charge in [-0.2, -0.15) is 0 Å². The maximum Gasteiger partial charge on any atom is 0.274 e. The van der Waals surface area contributed by atoms with Gasteiger partial charge in [-0.1, -0.05) is 38.0 Å². The largest absolute Gasteiger partial charge is 0.321 e. The zero-order chi connectivity index (χ0) is 15.1. The number of benzene rings is 1. The van der Waals surface area contributed by atoms with Crippen molar-refractivity contribution in [3.05, 3.63) is 58.3 Å². The molecule has 2 rings (SSSR count). The molecular formula is C17H19BrN2O. The van der Waals surface area contributed by atoms with Gasteiger partial charge in [-0.25, -0.2) is 4.98 Å². The van der Waals surface area contributed by atoms with Crippen LogP contribution < -0.4 is 5.32 Å². The number of carbonyl (C=O) groups is 1. The topological polar surface area (TPSA) is 42.0 Å². The van der Waals surface area contributed by atoms with E-state index in [1.54, 1.807) is 18.2 Å². The summed E-state index contributed by atoms with van der Waals surface area (Å²) in [6.07, 6.45) is 4.79. The summed E-state index contributed by atoms with van der Waals surface area (Å²) in [4.78, 5) is 16.2. The van der Waals surface area contributed by atoms with Crippen molar-refractivity contribution in [2.45, 2.75) is 32.6 Å². The molecule has 0 radical (unpaired) electrons. The van der Waals surface area contributed by atoms with E-state index in [1.807, 2.05) is 12.1 Å². The zero-order valence-electron chi connectivity index (χ0n) is 12.1. The molecule has 0 fully saturated rings. The molecule has 0 spiro atoms. The van der Waals surface area contributed by atoms with Crippen molar-refractivity contribution in [3.63, 3.8) is 0 Å². The lowest BCUT2D eigenvalue weighted by atomic mass is 10.1. The lowest BCUT2D eigenvalue weighted by Gasteiger charge is -2.06. The van der Waals surface area contributed by atoms with Crippen LogP contribution in [-0.2, 0) is 6.42 Å². The lowest BCUT2D eigenvalue weighted by Crippen LogP contribution is -2.13. The van der Waals surface area contributed by atoms with Gasteiger partial charge in [0.05, 0.1) is 0 Å². The summed E-state index contributed by atoms with van der Waals surface area (Å²) in [5, 5.41) is 2.86. The summed E-state index contributed by atoms with van der Waals surface area (Å²) in [6.45, 7) is 2.20. The van der Waals surface area contributed by atoms with Crippen LogP contribution in [0.1, 0.15) is 42.2 Å². The molecule has 110 valence electrons. The number of nitrogens with one attached hydrogen (secondary N) is 1. The van der Waals surface area contributed by atoms with Gasteiger partial charge in [0.25, 0.3) is 5.91 Å². The molecule has 1 amide bonds. The summed E-state index contributed by atoms with van der Waals surface area (Å²) >= 11 is 3.26. The highest BCUT2D eigenvalue weighted by atomic mass is 79.9. The van der Waals surface area contributed by atoms with Gasteiger partial charge >= 0.3 is 0 Å². The average Bonchev–Trinajstić information content (AvgIpc) is 2.49. The Morgan fingerprint density at radius 1 is 1.14 bits per heavy atom. The molecule has 0 aliphatic heterocycles. The molecular weight excluding hydrogens is 328 g/mol. The number of unbranched alkanes of at least 4 members (excludes halogenated alkanes) is 2. The second kappa shape index (κ2) is 7.93. The number of halogens is 1. The number of carbonyl (C=O) groups excluding carboxylic acids is 1. The van der Waals surface area contributed by atoms with E-state index >= 15 is 0 Å². The first-order chi connectivity index (χ1) is 10.2. The van der Waals surface area contributed by atoms with E-state index in [9.17, 15) is 4.79 Å². The highest BCUT2D eigenvalue weighted by Crippen LogP contribution is 2.14. The molecule has 1 aromatic carbocycles. The summed E-state index contributed by atoms with van der Waals surface area (Å²) < 4.78 is 0.654. The maximum absolute atomic E-state index is 12.1. The Kier molecular flexibility index (Phi) is 5.93. The highest BCUT2D eigenvalue weighted by Gasteiger charge is 2.07. The van der Waals surface area contributed by atoms with Crippen LogP contribution in [-0.4, -0.2) is 10.9 Å². The molecule has 3 nitrogen and oxygen atoms in total. The lowest BCUT2D eigenvalue weighted by molar-refractivity contribution is 0.102. The third kappa shape index (κ3) is 4.97. The number of hydrogen-bond donors (Lipinski definition) is 1. The number of amides is 1. The van der Waals surface area contributed by atoms with Crippen LogP contribution in [0.15, 0.2) is 47.1 Å². The van der Waals surface area contributed by atoms with E-state index in [0.29, 0.717) is 10.3 Å². The second-order valence-electron chi connectivity index (χ2n) is 4.95. The number of anilines is 1. The standard InChI is InChI=1S/C17H19BrN2O/c1-2-3-4-6-13-9-11-14(12-10-13)19-17(21)15-7-5-8-16(18)20-15/h5,7-12H,2-4,6H2,1H3,(H,19,21). The number of nitrogens with zero attached hydrogens (tertiary/aromatic N) is 1. The fourth-order valence-corrected chi connectivity index (χ4v) is 2.41. The van der Waals surface area contributed by atoms with E-state index in [1.165, 1.54) is 24.8 Å². The minimum absolute atomic E-state index is 0.199. The Bertz CT molecular complexity index is 596. The third-order valence-corrected chi connectivity index (χ3v) is 3.67. The number of aryl methyl sites for hydroxylation is 1. The molecule has 0 saturated carbocycles. The van der Waals surface area contributed by atoms with Crippen molar-refractivity contribution < 1.29 is 4.79 Å². The molecule has 1 N–H and O–H groups in total. The van der Waals surface area contributed by atoms with Crippen LogP contribution in [0, 0.1) is 0 Å². The molecule has 2 aromatic rings. The zero-order valence-corrected chi connectivity index (χ0v) is 13.7. The van der Waals surface area contributed by atoms with Crippen LogP contribution in [0.5, 0.6) is 0 Å². The first-order valence-corrected chi connectivity index (χ1v) is 8.01. The summed E-state index contributed by atoms with van der Waals surface area (Å²) in [7, 11) is 0. The van der Waals surface area contributed by atoms with E-state index < -0.39 is 0 Å². The fraction of sp³-hybridized carbons (Fsp3) is 0.294. The van der Waals surface area contributed by atoms with Crippen molar-refractivity contribution in [1.82, 2.24) is 4.98 Å². The molecule has 1 heterocycles. The Labute approximate surface area is 133 Å². The van der Waals surface area contributed by atoms with Gasteiger partial charge in [-0.3, -0.25) is 4.79 Å². The predicted octanol–water partition coefficient (Wildman–Crippen LogP) is 4.83.